The minimum Gasteiger partial charge on any atom is -0.0807 e. The van der Waals surface area contributed by atoms with Crippen molar-refractivity contribution >= 4 is 0 Å². The van der Waals surface area contributed by atoms with Crippen LogP contribution in [0.1, 0.15) is 47.0 Å². The maximum atomic E-state index is 2.53. The minimum absolute atomic E-state index is 0.494. The van der Waals surface area contributed by atoms with E-state index in [1.54, 1.807) is 0 Å². The van der Waals surface area contributed by atoms with Crippen molar-refractivity contribution in [2.45, 2.75) is 47.0 Å². The second-order valence-corrected chi connectivity index (χ2v) is 5.93. The number of allylic oxidation sites excluding steroid dienone is 4. The van der Waals surface area contributed by atoms with Crippen LogP contribution in [0.3, 0.4) is 0 Å². The largest absolute Gasteiger partial charge is 0.0807 e. The van der Waals surface area contributed by atoms with Crippen molar-refractivity contribution in [3.05, 3.63) is 23.8 Å². The summed E-state index contributed by atoms with van der Waals surface area (Å²) in [4.78, 5) is 0. The van der Waals surface area contributed by atoms with Crippen LogP contribution in [-0.4, -0.2) is 0 Å². The third-order valence-electron chi connectivity index (χ3n) is 4.76. The molecule has 2 aliphatic rings. The first kappa shape index (κ1) is 11.0. The molecule has 3 atom stereocenters. The molecule has 0 heterocycles. The number of hydrogen-bond donors (Lipinski definition) is 0. The lowest BCUT2D eigenvalue weighted by molar-refractivity contribution is 0.168. The monoisotopic (exact) mass is 204 g/mol. The second kappa shape index (κ2) is 3.81. The van der Waals surface area contributed by atoms with Crippen molar-refractivity contribution in [3.8, 4) is 0 Å². The van der Waals surface area contributed by atoms with Crippen LogP contribution in [0.5, 0.6) is 0 Å². The van der Waals surface area contributed by atoms with Crippen LogP contribution >= 0.6 is 0 Å². The first-order valence-corrected chi connectivity index (χ1v) is 6.42. The molecule has 1 spiro atoms. The highest BCUT2D eigenvalue weighted by Crippen LogP contribution is 2.55. The predicted octanol–water partition coefficient (Wildman–Crippen LogP) is 4.58. The summed E-state index contributed by atoms with van der Waals surface area (Å²) in [6, 6.07) is 0. The van der Waals surface area contributed by atoms with Gasteiger partial charge in [0, 0.05) is 0 Å². The van der Waals surface area contributed by atoms with Gasteiger partial charge in [-0.1, -0.05) is 44.6 Å². The van der Waals surface area contributed by atoms with Crippen LogP contribution in [0.2, 0.25) is 0 Å². The molecule has 0 saturated heterocycles. The van der Waals surface area contributed by atoms with E-state index in [9.17, 15) is 0 Å². The second-order valence-electron chi connectivity index (χ2n) is 5.93. The normalized spacial score (nSPS) is 40.2. The van der Waals surface area contributed by atoms with Gasteiger partial charge in [-0.25, -0.2) is 0 Å². The summed E-state index contributed by atoms with van der Waals surface area (Å²) in [5, 5.41) is 0. The van der Waals surface area contributed by atoms with Gasteiger partial charge in [0.1, 0.15) is 0 Å². The molecule has 0 N–H and O–H groups in total. The lowest BCUT2D eigenvalue weighted by Crippen LogP contribution is -2.32. The molecule has 2 rings (SSSR count). The lowest BCUT2D eigenvalue weighted by atomic mass is 9.65. The van der Waals surface area contributed by atoms with Crippen molar-refractivity contribution in [2.24, 2.45) is 23.2 Å². The Labute approximate surface area is 94.5 Å². The SMILES string of the molecule is CC1=CC[C@@]2(C=C1)[C@@H](C)CC[C@H]2C(C)C. The van der Waals surface area contributed by atoms with E-state index in [0.29, 0.717) is 5.41 Å². The maximum Gasteiger partial charge on any atom is -0.00241 e. The molecule has 0 heteroatoms. The predicted molar refractivity (Wildman–Crippen MR) is 66.7 cm³/mol. The third kappa shape index (κ3) is 1.68. The molecule has 0 radical (unpaired) electrons. The molecule has 0 unspecified atom stereocenters. The van der Waals surface area contributed by atoms with E-state index in [0.717, 1.165) is 17.8 Å². The first-order valence-electron chi connectivity index (χ1n) is 6.42. The molecule has 15 heavy (non-hydrogen) atoms. The topological polar surface area (TPSA) is 0 Å². The Hall–Kier alpha value is -0.520. The van der Waals surface area contributed by atoms with Gasteiger partial charge in [-0.15, -0.1) is 0 Å². The Morgan fingerprint density at radius 1 is 1.33 bits per heavy atom. The Balaban J connectivity index is 2.28. The fourth-order valence-electron chi connectivity index (χ4n) is 3.69. The summed E-state index contributed by atoms with van der Waals surface area (Å²) >= 11 is 0. The zero-order chi connectivity index (χ0) is 11.1. The summed E-state index contributed by atoms with van der Waals surface area (Å²) in [6.45, 7) is 9.45. The molecule has 0 nitrogen and oxygen atoms in total. The van der Waals surface area contributed by atoms with Crippen LogP contribution in [0.25, 0.3) is 0 Å². The first-order chi connectivity index (χ1) is 7.06. The molecule has 1 fully saturated rings. The molecular formula is C15H24. The van der Waals surface area contributed by atoms with E-state index in [-0.39, 0.29) is 0 Å². The highest BCUT2D eigenvalue weighted by Gasteiger charge is 2.46. The molecule has 0 aromatic heterocycles. The maximum absolute atomic E-state index is 2.53. The zero-order valence-electron chi connectivity index (χ0n) is 10.6. The number of hydrogen-bond acceptors (Lipinski definition) is 0. The fraction of sp³-hybridized carbons (Fsp3) is 0.733. The highest BCUT2D eigenvalue weighted by molar-refractivity contribution is 5.27. The van der Waals surface area contributed by atoms with E-state index in [1.165, 1.54) is 24.8 Å². The molecule has 0 bridgehead atoms. The lowest BCUT2D eigenvalue weighted by Gasteiger charge is -2.40. The minimum atomic E-state index is 0.494. The zero-order valence-corrected chi connectivity index (χ0v) is 10.6. The van der Waals surface area contributed by atoms with Gasteiger partial charge < -0.3 is 0 Å². The quantitative estimate of drug-likeness (QED) is 0.586. The Kier molecular flexibility index (Phi) is 2.79. The molecular weight excluding hydrogens is 180 g/mol. The van der Waals surface area contributed by atoms with E-state index in [4.69, 9.17) is 0 Å². The van der Waals surface area contributed by atoms with E-state index in [2.05, 4.69) is 45.9 Å². The number of rotatable bonds is 1. The van der Waals surface area contributed by atoms with Crippen LogP contribution in [0.4, 0.5) is 0 Å². The van der Waals surface area contributed by atoms with Crippen LogP contribution in [-0.2, 0) is 0 Å². The summed E-state index contributed by atoms with van der Waals surface area (Å²) in [5.41, 5.74) is 1.94. The standard InChI is InChI=1S/C15H24/c1-11(2)14-6-5-13(4)15(14)9-7-12(3)8-10-15/h7-9,11,13-14H,5-6,10H2,1-4H3/t13-,14-,15-/m0/s1. The molecule has 84 valence electrons. The molecule has 0 aliphatic heterocycles. The van der Waals surface area contributed by atoms with Crippen LogP contribution in [0, 0.1) is 23.2 Å². The molecule has 1 saturated carbocycles. The van der Waals surface area contributed by atoms with Crippen molar-refractivity contribution < 1.29 is 0 Å². The average Bonchev–Trinajstić information content (AvgIpc) is 2.50. The van der Waals surface area contributed by atoms with Gasteiger partial charge in [0.05, 0.1) is 0 Å². The Bertz CT molecular complexity index is 295. The van der Waals surface area contributed by atoms with E-state index < -0.39 is 0 Å². The highest BCUT2D eigenvalue weighted by atomic mass is 14.5. The van der Waals surface area contributed by atoms with Gasteiger partial charge in [0.25, 0.3) is 0 Å². The molecule has 2 aliphatic carbocycles. The average molecular weight is 204 g/mol. The molecule has 0 aromatic rings. The summed E-state index contributed by atoms with van der Waals surface area (Å²) in [5.74, 6) is 2.59. The Morgan fingerprint density at radius 2 is 2.07 bits per heavy atom. The molecule has 0 amide bonds. The van der Waals surface area contributed by atoms with Crippen LogP contribution in [0.15, 0.2) is 23.8 Å². The van der Waals surface area contributed by atoms with Gasteiger partial charge in [0.2, 0.25) is 0 Å². The molecule has 0 aromatic carbocycles. The van der Waals surface area contributed by atoms with Crippen molar-refractivity contribution in [1.29, 1.82) is 0 Å². The van der Waals surface area contributed by atoms with Crippen molar-refractivity contribution in [3.63, 3.8) is 0 Å². The van der Waals surface area contributed by atoms with Gasteiger partial charge >= 0.3 is 0 Å². The summed E-state index contributed by atoms with van der Waals surface area (Å²) in [6.07, 6.45) is 11.4. The van der Waals surface area contributed by atoms with E-state index >= 15 is 0 Å². The summed E-state index contributed by atoms with van der Waals surface area (Å²) < 4.78 is 0. The van der Waals surface area contributed by atoms with Gasteiger partial charge in [-0.3, -0.25) is 0 Å². The van der Waals surface area contributed by atoms with Gasteiger partial charge in [-0.05, 0) is 49.4 Å². The van der Waals surface area contributed by atoms with Crippen molar-refractivity contribution in [1.82, 2.24) is 0 Å². The van der Waals surface area contributed by atoms with Crippen LogP contribution < -0.4 is 0 Å². The van der Waals surface area contributed by atoms with Crippen molar-refractivity contribution in [2.75, 3.05) is 0 Å². The van der Waals surface area contributed by atoms with E-state index in [1.807, 2.05) is 0 Å². The fourth-order valence-corrected chi connectivity index (χ4v) is 3.69. The third-order valence-corrected chi connectivity index (χ3v) is 4.76. The smallest absolute Gasteiger partial charge is 0.00241 e. The summed E-state index contributed by atoms with van der Waals surface area (Å²) in [7, 11) is 0. The van der Waals surface area contributed by atoms with Gasteiger partial charge in [0.15, 0.2) is 0 Å². The Morgan fingerprint density at radius 3 is 2.60 bits per heavy atom. The van der Waals surface area contributed by atoms with Gasteiger partial charge in [-0.2, -0.15) is 0 Å².